The molecular formula is C26H26F3N5O4. The van der Waals surface area contributed by atoms with Crippen molar-refractivity contribution in [1.29, 1.82) is 0 Å². The maximum absolute atomic E-state index is 13.4. The van der Waals surface area contributed by atoms with Crippen LogP contribution in [0.3, 0.4) is 0 Å². The molecule has 3 aromatic rings. The Morgan fingerprint density at radius 1 is 1.03 bits per heavy atom. The lowest BCUT2D eigenvalue weighted by Crippen LogP contribution is -2.43. The minimum absolute atomic E-state index is 0.106. The maximum atomic E-state index is 13.4. The number of nitrogens with zero attached hydrogens (tertiary/aromatic N) is 3. The molecule has 4 rings (SSSR count). The van der Waals surface area contributed by atoms with Gasteiger partial charge in [-0.3, -0.25) is 14.9 Å². The SMILES string of the molecule is C[C@H]1CN(c2ccc(C(F)(F)F)cc2)C(=O)c2c(C(=O)Nc3ccc(NC(=O)OC(C)(C)C)nc3)ccn21. The van der Waals surface area contributed by atoms with E-state index in [0.717, 1.165) is 12.1 Å². The van der Waals surface area contributed by atoms with Gasteiger partial charge in [-0.15, -0.1) is 0 Å². The summed E-state index contributed by atoms with van der Waals surface area (Å²) >= 11 is 0. The Morgan fingerprint density at radius 2 is 1.71 bits per heavy atom. The predicted molar refractivity (Wildman–Crippen MR) is 134 cm³/mol. The number of aromatic nitrogens is 2. The van der Waals surface area contributed by atoms with Crippen molar-refractivity contribution in [1.82, 2.24) is 9.55 Å². The van der Waals surface area contributed by atoms with Crippen molar-refractivity contribution >= 4 is 35.1 Å². The van der Waals surface area contributed by atoms with Crippen molar-refractivity contribution in [2.45, 2.75) is 45.5 Å². The van der Waals surface area contributed by atoms with Crippen LogP contribution in [-0.4, -0.2) is 39.6 Å². The molecule has 38 heavy (non-hydrogen) atoms. The van der Waals surface area contributed by atoms with Crippen molar-refractivity contribution < 1.29 is 32.3 Å². The third-order valence-corrected chi connectivity index (χ3v) is 5.69. The van der Waals surface area contributed by atoms with Crippen LogP contribution in [0.4, 0.5) is 35.2 Å². The zero-order valence-corrected chi connectivity index (χ0v) is 21.1. The van der Waals surface area contributed by atoms with Crippen LogP contribution in [0.25, 0.3) is 0 Å². The van der Waals surface area contributed by atoms with Gasteiger partial charge in [-0.2, -0.15) is 13.2 Å². The maximum Gasteiger partial charge on any atom is 0.416 e. The minimum atomic E-state index is -4.49. The molecule has 0 radical (unpaired) electrons. The smallest absolute Gasteiger partial charge is 0.416 e. The van der Waals surface area contributed by atoms with E-state index in [2.05, 4.69) is 15.6 Å². The molecule has 1 aliphatic rings. The van der Waals surface area contributed by atoms with Crippen LogP contribution in [0.5, 0.6) is 0 Å². The highest BCUT2D eigenvalue weighted by atomic mass is 19.4. The molecule has 200 valence electrons. The van der Waals surface area contributed by atoms with Gasteiger partial charge in [0.05, 0.1) is 23.0 Å². The van der Waals surface area contributed by atoms with Crippen LogP contribution in [0, 0.1) is 0 Å². The van der Waals surface area contributed by atoms with Crippen molar-refractivity contribution in [2.75, 3.05) is 22.1 Å². The van der Waals surface area contributed by atoms with E-state index in [0.29, 0.717) is 11.4 Å². The average Bonchev–Trinajstić information content (AvgIpc) is 3.27. The molecule has 1 aliphatic heterocycles. The van der Waals surface area contributed by atoms with Gasteiger partial charge in [0.15, 0.2) is 0 Å². The highest BCUT2D eigenvalue weighted by Gasteiger charge is 2.35. The average molecular weight is 530 g/mol. The molecule has 0 saturated carbocycles. The van der Waals surface area contributed by atoms with Gasteiger partial charge in [0.2, 0.25) is 0 Å². The number of anilines is 3. The number of nitrogens with one attached hydrogen (secondary N) is 2. The van der Waals surface area contributed by atoms with Crippen molar-refractivity contribution in [3.8, 4) is 0 Å². The molecule has 1 atom stereocenters. The monoisotopic (exact) mass is 529 g/mol. The molecule has 3 heterocycles. The lowest BCUT2D eigenvalue weighted by Gasteiger charge is -2.33. The second kappa shape index (κ2) is 9.84. The Hall–Kier alpha value is -4.35. The summed E-state index contributed by atoms with van der Waals surface area (Å²) in [6.07, 6.45) is -2.20. The molecule has 2 aromatic heterocycles. The first-order valence-electron chi connectivity index (χ1n) is 11.7. The summed E-state index contributed by atoms with van der Waals surface area (Å²) in [5.41, 5.74) is -0.646. The van der Waals surface area contributed by atoms with E-state index >= 15 is 0 Å². The molecule has 12 heteroatoms. The van der Waals surface area contributed by atoms with E-state index in [1.165, 1.54) is 41.4 Å². The zero-order chi connectivity index (χ0) is 27.8. The molecule has 0 fully saturated rings. The second-order valence-electron chi connectivity index (χ2n) is 9.81. The van der Waals surface area contributed by atoms with Crippen molar-refractivity contribution in [3.05, 3.63) is 71.7 Å². The first kappa shape index (κ1) is 26.7. The Morgan fingerprint density at radius 3 is 2.29 bits per heavy atom. The molecule has 9 nitrogen and oxygen atoms in total. The van der Waals surface area contributed by atoms with Crippen molar-refractivity contribution in [3.63, 3.8) is 0 Å². The fourth-order valence-electron chi connectivity index (χ4n) is 3.99. The number of amides is 3. The zero-order valence-electron chi connectivity index (χ0n) is 21.1. The van der Waals surface area contributed by atoms with Crippen LogP contribution < -0.4 is 15.5 Å². The number of carbonyl (C=O) groups excluding carboxylic acids is 3. The topological polar surface area (TPSA) is 106 Å². The largest absolute Gasteiger partial charge is 0.444 e. The van der Waals surface area contributed by atoms with E-state index in [1.807, 2.05) is 6.92 Å². The first-order valence-corrected chi connectivity index (χ1v) is 11.7. The van der Waals surface area contributed by atoms with Gasteiger partial charge in [-0.1, -0.05) is 0 Å². The molecule has 0 bridgehead atoms. The van der Waals surface area contributed by atoms with Gasteiger partial charge in [-0.05, 0) is 70.2 Å². The third kappa shape index (κ3) is 5.79. The van der Waals surface area contributed by atoms with Gasteiger partial charge in [-0.25, -0.2) is 9.78 Å². The van der Waals surface area contributed by atoms with Gasteiger partial charge in [0.25, 0.3) is 11.8 Å². The predicted octanol–water partition coefficient (Wildman–Crippen LogP) is 5.72. The fraction of sp³-hybridized carbons (Fsp3) is 0.308. The number of hydrogen-bond acceptors (Lipinski definition) is 5. The van der Waals surface area contributed by atoms with Gasteiger partial charge in [0, 0.05) is 24.5 Å². The lowest BCUT2D eigenvalue weighted by molar-refractivity contribution is -0.137. The number of hydrogen-bond donors (Lipinski definition) is 2. The summed E-state index contributed by atoms with van der Waals surface area (Å²) in [5.74, 6) is -0.856. The van der Waals surface area contributed by atoms with E-state index in [9.17, 15) is 27.6 Å². The van der Waals surface area contributed by atoms with Crippen LogP contribution >= 0.6 is 0 Å². The number of ether oxygens (including phenoxy) is 1. The van der Waals surface area contributed by atoms with E-state index in [1.54, 1.807) is 31.5 Å². The molecule has 0 aliphatic carbocycles. The van der Waals surface area contributed by atoms with Crippen LogP contribution in [0.2, 0.25) is 0 Å². The Balaban J connectivity index is 1.50. The highest BCUT2D eigenvalue weighted by molar-refractivity contribution is 6.16. The normalized spacial score (nSPS) is 15.6. The summed E-state index contributed by atoms with van der Waals surface area (Å²) in [4.78, 5) is 43.8. The number of pyridine rings is 1. The summed E-state index contributed by atoms with van der Waals surface area (Å²) in [6, 6.07) is 8.61. The third-order valence-electron chi connectivity index (χ3n) is 5.69. The summed E-state index contributed by atoms with van der Waals surface area (Å²) in [5, 5.41) is 5.16. The van der Waals surface area contributed by atoms with Gasteiger partial charge in [0.1, 0.15) is 17.1 Å². The summed E-state index contributed by atoms with van der Waals surface area (Å²) in [7, 11) is 0. The molecule has 3 amide bonds. The quantitative estimate of drug-likeness (QED) is 0.450. The fourth-order valence-corrected chi connectivity index (χ4v) is 3.99. The second-order valence-corrected chi connectivity index (χ2v) is 9.81. The molecular weight excluding hydrogens is 503 g/mol. The summed E-state index contributed by atoms with van der Waals surface area (Å²) < 4.78 is 45.7. The highest BCUT2D eigenvalue weighted by Crippen LogP contribution is 2.33. The number of halogens is 3. The number of carbonyl (C=O) groups is 3. The van der Waals surface area contributed by atoms with E-state index in [-0.39, 0.29) is 29.7 Å². The molecule has 0 unspecified atom stereocenters. The molecule has 1 aromatic carbocycles. The molecule has 2 N–H and O–H groups in total. The van der Waals surface area contributed by atoms with Crippen LogP contribution in [0.15, 0.2) is 54.9 Å². The number of alkyl halides is 3. The lowest BCUT2D eigenvalue weighted by atomic mass is 10.1. The van der Waals surface area contributed by atoms with Crippen LogP contribution in [0.1, 0.15) is 60.1 Å². The molecule has 0 saturated heterocycles. The van der Waals surface area contributed by atoms with Crippen LogP contribution in [-0.2, 0) is 10.9 Å². The van der Waals surface area contributed by atoms with Gasteiger partial charge >= 0.3 is 12.3 Å². The van der Waals surface area contributed by atoms with Crippen molar-refractivity contribution in [2.24, 2.45) is 0 Å². The number of benzene rings is 1. The number of fused-ring (bicyclic) bond motifs is 1. The first-order chi connectivity index (χ1) is 17.7. The van der Waals surface area contributed by atoms with Gasteiger partial charge < -0.3 is 19.5 Å². The Labute approximate surface area is 216 Å². The summed E-state index contributed by atoms with van der Waals surface area (Å²) in [6.45, 7) is 7.26. The van der Waals surface area contributed by atoms with E-state index in [4.69, 9.17) is 4.74 Å². The Kier molecular flexibility index (Phi) is 6.92. The van der Waals surface area contributed by atoms with E-state index < -0.39 is 35.2 Å². The standard InChI is InChI=1S/C26H26F3N5O4/c1-15-14-34(18-8-5-16(6-9-18)26(27,28)29)23(36)21-19(11-12-33(15)21)22(35)31-17-7-10-20(30-13-17)32-24(37)38-25(2,3)4/h5-13,15H,14H2,1-4H3,(H,31,35)(H,30,32,37)/t15-/m0/s1. The number of rotatable bonds is 4. The Bertz CT molecular complexity index is 1360. The minimum Gasteiger partial charge on any atom is -0.444 e. The molecule has 0 spiro atoms.